The summed E-state index contributed by atoms with van der Waals surface area (Å²) >= 11 is 0.991. The molecule has 0 aliphatic carbocycles. The van der Waals surface area contributed by atoms with Crippen molar-refractivity contribution in [3.8, 4) is 11.8 Å². The van der Waals surface area contributed by atoms with Gasteiger partial charge < -0.3 is 14.8 Å². The molecule has 1 N–H and O–H groups in total. The fraction of sp³-hybridized carbons (Fsp3) is 0.286. The number of aromatic nitrogens is 1. The van der Waals surface area contributed by atoms with Gasteiger partial charge in [0.1, 0.15) is 16.5 Å². The molecule has 0 bridgehead atoms. The van der Waals surface area contributed by atoms with E-state index in [9.17, 15) is 23.6 Å². The third-order valence-corrected chi connectivity index (χ3v) is 5.12. The molecule has 1 amide bonds. The Kier molecular flexibility index (Phi) is 9.12. The lowest BCUT2D eigenvalue weighted by molar-refractivity contribution is -0.115. The summed E-state index contributed by atoms with van der Waals surface area (Å²) in [4.78, 5) is 25.3. The molecule has 1 heterocycles. The Labute approximate surface area is 181 Å². The molecule has 0 atom stereocenters. The van der Waals surface area contributed by atoms with Crippen LogP contribution >= 0.6 is 11.3 Å². The third kappa shape index (κ3) is 6.60. The molecule has 10 heteroatoms. The second-order valence-corrected chi connectivity index (χ2v) is 7.19. The number of benzene rings is 1. The van der Waals surface area contributed by atoms with E-state index in [1.54, 1.807) is 13.2 Å². The van der Waals surface area contributed by atoms with E-state index in [1.807, 2.05) is 6.07 Å². The molecular weight excluding hydrogens is 428 g/mol. The van der Waals surface area contributed by atoms with Gasteiger partial charge in [0.05, 0.1) is 4.53 Å². The molecule has 0 fully saturated rings. The van der Waals surface area contributed by atoms with Crippen molar-refractivity contribution < 1.29 is 23.0 Å². The number of hydrogen-bond acceptors (Lipinski definition) is 6. The number of allylic oxidation sites excluding steroid dienone is 1. The minimum absolute atomic E-state index is 0.00617. The van der Waals surface area contributed by atoms with E-state index in [0.29, 0.717) is 25.1 Å². The number of carbonyl (C=O) groups is 1. The first-order valence-corrected chi connectivity index (χ1v) is 10.0. The Bertz CT molecular complexity index is 1130. The van der Waals surface area contributed by atoms with E-state index >= 15 is 0 Å². The largest absolute Gasteiger partial charge is 0.435 e. The predicted octanol–water partition coefficient (Wildman–Crippen LogP) is 1.35. The minimum Gasteiger partial charge on any atom is -0.435 e. The van der Waals surface area contributed by atoms with Gasteiger partial charge >= 0.3 is 6.61 Å². The number of carbonyl (C=O) groups excluding carboxylic acids is 1. The van der Waals surface area contributed by atoms with Crippen molar-refractivity contribution in [1.82, 2.24) is 9.88 Å². The molecule has 2 rings (SSSR count). The van der Waals surface area contributed by atoms with E-state index in [0.717, 1.165) is 11.3 Å². The van der Waals surface area contributed by atoms with Gasteiger partial charge in [-0.1, -0.05) is 18.2 Å². The molecule has 2 aromatic rings. The highest BCUT2D eigenvalue weighted by Crippen LogP contribution is 2.15. The van der Waals surface area contributed by atoms with Crippen LogP contribution in [-0.2, 0) is 16.1 Å². The van der Waals surface area contributed by atoms with Gasteiger partial charge in [-0.3, -0.25) is 14.2 Å². The maximum absolute atomic E-state index is 12.8. The van der Waals surface area contributed by atoms with E-state index in [1.165, 1.54) is 34.9 Å². The van der Waals surface area contributed by atoms with E-state index < -0.39 is 18.1 Å². The van der Waals surface area contributed by atoms with Crippen molar-refractivity contribution in [2.75, 3.05) is 20.3 Å². The number of alkyl halides is 2. The zero-order valence-corrected chi connectivity index (χ0v) is 17.6. The summed E-state index contributed by atoms with van der Waals surface area (Å²) in [6, 6.07) is 7.63. The van der Waals surface area contributed by atoms with Gasteiger partial charge in [0, 0.05) is 26.8 Å². The molecular formula is C21H21F2N3O4S. The highest BCUT2D eigenvalue weighted by Gasteiger charge is 2.15. The predicted molar refractivity (Wildman–Crippen MR) is 113 cm³/mol. The molecule has 164 valence electrons. The maximum atomic E-state index is 12.8. The summed E-state index contributed by atoms with van der Waals surface area (Å²) in [5, 5.41) is 12.2. The Balaban J connectivity index is 2.49. The van der Waals surface area contributed by atoms with Crippen LogP contribution in [0.5, 0.6) is 5.75 Å². The van der Waals surface area contributed by atoms with Crippen LogP contribution in [0.2, 0.25) is 0 Å². The van der Waals surface area contributed by atoms with Crippen LogP contribution in [-0.4, -0.2) is 37.3 Å². The zero-order valence-electron chi connectivity index (χ0n) is 16.8. The number of nitriles is 1. The second kappa shape index (κ2) is 11.8. The Morgan fingerprint density at radius 2 is 2.10 bits per heavy atom. The lowest BCUT2D eigenvalue weighted by Gasteiger charge is -2.04. The fourth-order valence-corrected chi connectivity index (χ4v) is 3.71. The van der Waals surface area contributed by atoms with Crippen LogP contribution in [0.4, 0.5) is 8.78 Å². The maximum Gasteiger partial charge on any atom is 0.387 e. The Morgan fingerprint density at radius 3 is 2.68 bits per heavy atom. The molecule has 7 nitrogen and oxygen atoms in total. The topological polar surface area (TPSA) is 93.3 Å². The van der Waals surface area contributed by atoms with Crippen molar-refractivity contribution >= 4 is 28.9 Å². The summed E-state index contributed by atoms with van der Waals surface area (Å²) in [5.74, 6) is -0.592. The molecule has 0 saturated heterocycles. The quantitative estimate of drug-likeness (QED) is 0.437. The SMILES string of the molecule is C=CCn1c(=C(C#N)C(=O)NCCCOC)sc(=Cc2ccc(OC(F)F)cc2)c1=O. The summed E-state index contributed by atoms with van der Waals surface area (Å²) in [5.41, 5.74) is -0.00534. The number of thiazole rings is 1. The van der Waals surface area contributed by atoms with Gasteiger partial charge in [0.2, 0.25) is 0 Å². The first-order valence-electron chi connectivity index (χ1n) is 9.20. The molecule has 1 aromatic carbocycles. The van der Waals surface area contributed by atoms with Crippen LogP contribution in [0.25, 0.3) is 11.6 Å². The van der Waals surface area contributed by atoms with Gasteiger partial charge in [-0.2, -0.15) is 14.0 Å². The number of halogens is 2. The number of nitrogens with zero attached hydrogens (tertiary/aromatic N) is 2. The second-order valence-electron chi connectivity index (χ2n) is 6.16. The summed E-state index contributed by atoms with van der Waals surface area (Å²) < 4.78 is 35.6. The summed E-state index contributed by atoms with van der Waals surface area (Å²) in [6.45, 7) is 1.58. The van der Waals surface area contributed by atoms with Gasteiger partial charge in [-0.25, -0.2) is 0 Å². The van der Waals surface area contributed by atoms with Crippen molar-refractivity contribution in [3.05, 3.63) is 62.0 Å². The molecule has 0 aliphatic rings. The van der Waals surface area contributed by atoms with Gasteiger partial charge in [0.15, 0.2) is 5.57 Å². The highest BCUT2D eigenvalue weighted by atomic mass is 32.1. The van der Waals surface area contributed by atoms with Crippen molar-refractivity contribution in [2.45, 2.75) is 19.6 Å². The number of nitrogens with one attached hydrogen (secondary N) is 1. The molecule has 0 radical (unpaired) electrons. The average molecular weight is 449 g/mol. The van der Waals surface area contributed by atoms with E-state index in [-0.39, 0.29) is 27.1 Å². The monoisotopic (exact) mass is 449 g/mol. The third-order valence-electron chi connectivity index (χ3n) is 3.99. The Hall–Kier alpha value is -3.29. The molecule has 0 unspecified atom stereocenters. The van der Waals surface area contributed by atoms with E-state index in [4.69, 9.17) is 4.74 Å². The van der Waals surface area contributed by atoms with Gasteiger partial charge in [-0.15, -0.1) is 17.9 Å². The highest BCUT2D eigenvalue weighted by molar-refractivity contribution is 7.07. The van der Waals surface area contributed by atoms with Crippen LogP contribution in [0.15, 0.2) is 41.7 Å². The fourth-order valence-electron chi connectivity index (χ4n) is 2.60. The molecule has 1 aromatic heterocycles. The van der Waals surface area contributed by atoms with Gasteiger partial charge in [0.25, 0.3) is 11.5 Å². The van der Waals surface area contributed by atoms with Gasteiger partial charge in [-0.05, 0) is 30.2 Å². The summed E-state index contributed by atoms with van der Waals surface area (Å²) in [7, 11) is 1.55. The lowest BCUT2D eigenvalue weighted by atomic mass is 10.2. The lowest BCUT2D eigenvalue weighted by Crippen LogP contribution is -2.35. The molecule has 31 heavy (non-hydrogen) atoms. The minimum atomic E-state index is -2.93. The normalized spacial score (nSPS) is 12.4. The van der Waals surface area contributed by atoms with Crippen LogP contribution in [0, 0.1) is 11.3 Å². The standard InChI is InChI=1S/C21H21F2N3O4S/c1-3-10-26-19(28)17(12-14-5-7-15(8-6-14)30-21(22)23)31-20(26)16(13-24)18(27)25-9-4-11-29-2/h3,5-8,12,21H,1,4,9-11H2,2H3,(H,25,27). The van der Waals surface area contributed by atoms with Crippen molar-refractivity contribution in [3.63, 3.8) is 0 Å². The molecule has 0 aliphatic heterocycles. The first-order chi connectivity index (χ1) is 14.9. The van der Waals surface area contributed by atoms with E-state index in [2.05, 4.69) is 16.6 Å². The number of amides is 1. The van der Waals surface area contributed by atoms with Crippen LogP contribution < -0.4 is 24.8 Å². The molecule has 0 spiro atoms. The Morgan fingerprint density at radius 1 is 1.39 bits per heavy atom. The van der Waals surface area contributed by atoms with Crippen LogP contribution in [0.1, 0.15) is 12.0 Å². The number of rotatable bonds is 10. The first kappa shape index (κ1) is 24.0. The number of hydrogen-bond donors (Lipinski definition) is 1. The zero-order chi connectivity index (χ0) is 22.8. The van der Waals surface area contributed by atoms with Crippen molar-refractivity contribution in [1.29, 1.82) is 5.26 Å². The smallest absolute Gasteiger partial charge is 0.387 e. The summed E-state index contributed by atoms with van der Waals surface area (Å²) in [6.07, 6.45) is 3.62. The number of ether oxygens (including phenoxy) is 2. The van der Waals surface area contributed by atoms with Crippen molar-refractivity contribution in [2.24, 2.45) is 0 Å². The molecule has 0 saturated carbocycles. The number of methoxy groups -OCH3 is 1. The van der Waals surface area contributed by atoms with Crippen LogP contribution in [0.3, 0.4) is 0 Å². The average Bonchev–Trinajstić information content (AvgIpc) is 3.03.